The number of fused-ring (bicyclic) bond motifs is 1. The Morgan fingerprint density at radius 1 is 1.58 bits per heavy atom. The fourth-order valence-electron chi connectivity index (χ4n) is 1.75. The first-order valence-corrected chi connectivity index (χ1v) is 4.29. The summed E-state index contributed by atoms with van der Waals surface area (Å²) >= 11 is 0. The molecule has 2 aliphatic rings. The van der Waals surface area contributed by atoms with Gasteiger partial charge >= 0.3 is 0 Å². The van der Waals surface area contributed by atoms with E-state index in [-0.39, 0.29) is 5.91 Å². The number of hydrogen-bond acceptors (Lipinski definition) is 3. The molecule has 2 rings (SSSR count). The summed E-state index contributed by atoms with van der Waals surface area (Å²) in [6.45, 7) is 2.30. The van der Waals surface area contributed by atoms with E-state index >= 15 is 0 Å². The van der Waals surface area contributed by atoms with Crippen LogP contribution in [0, 0.1) is 0 Å². The fourth-order valence-corrected chi connectivity index (χ4v) is 1.75. The van der Waals surface area contributed by atoms with Crippen LogP contribution < -0.4 is 11.1 Å². The van der Waals surface area contributed by atoms with Crippen LogP contribution in [0.5, 0.6) is 0 Å². The van der Waals surface area contributed by atoms with Gasteiger partial charge in [-0.2, -0.15) is 0 Å². The van der Waals surface area contributed by atoms with Crippen molar-refractivity contribution in [3.05, 3.63) is 11.4 Å². The van der Waals surface area contributed by atoms with Crippen LogP contribution in [0.3, 0.4) is 0 Å². The summed E-state index contributed by atoms with van der Waals surface area (Å²) in [5.41, 5.74) is 6.58. The smallest absolute Gasteiger partial charge is 0.232 e. The van der Waals surface area contributed by atoms with Crippen LogP contribution >= 0.6 is 0 Å². The maximum atomic E-state index is 11.4. The van der Waals surface area contributed by atoms with Crippen molar-refractivity contribution < 1.29 is 4.79 Å². The molecule has 1 amide bonds. The second-order valence-corrected chi connectivity index (χ2v) is 3.16. The Morgan fingerprint density at radius 2 is 2.42 bits per heavy atom. The Kier molecular flexibility index (Phi) is 1.77. The van der Waals surface area contributed by atoms with Crippen LogP contribution in [-0.2, 0) is 4.79 Å². The molecule has 0 bridgehead atoms. The van der Waals surface area contributed by atoms with Crippen LogP contribution in [0.25, 0.3) is 0 Å². The summed E-state index contributed by atoms with van der Waals surface area (Å²) in [6.07, 6.45) is 1.55. The zero-order valence-corrected chi connectivity index (χ0v) is 6.97. The van der Waals surface area contributed by atoms with Crippen LogP contribution in [-0.4, -0.2) is 30.4 Å². The van der Waals surface area contributed by atoms with Crippen molar-refractivity contribution in [2.45, 2.75) is 12.8 Å². The summed E-state index contributed by atoms with van der Waals surface area (Å²) in [5, 5.41) is 3.22. The van der Waals surface area contributed by atoms with Gasteiger partial charge in [0.05, 0.1) is 6.42 Å². The SMILES string of the molecule is NCC1=C2NCCCN2C(=O)C1. The number of carbonyl (C=O) groups excluding carboxylic acids is 1. The molecule has 1 saturated heterocycles. The van der Waals surface area contributed by atoms with E-state index in [2.05, 4.69) is 5.32 Å². The molecule has 2 heterocycles. The van der Waals surface area contributed by atoms with Crippen LogP contribution in [0.2, 0.25) is 0 Å². The van der Waals surface area contributed by atoms with Gasteiger partial charge in [-0.1, -0.05) is 0 Å². The summed E-state index contributed by atoms with van der Waals surface area (Å²) in [6, 6.07) is 0. The van der Waals surface area contributed by atoms with E-state index in [0.29, 0.717) is 13.0 Å². The third-order valence-corrected chi connectivity index (χ3v) is 2.37. The van der Waals surface area contributed by atoms with Gasteiger partial charge in [-0.05, 0) is 12.0 Å². The maximum absolute atomic E-state index is 11.4. The summed E-state index contributed by atoms with van der Waals surface area (Å²) in [5.74, 6) is 1.17. The van der Waals surface area contributed by atoms with Gasteiger partial charge in [0.15, 0.2) is 0 Å². The lowest BCUT2D eigenvalue weighted by molar-refractivity contribution is -0.127. The minimum absolute atomic E-state index is 0.192. The molecule has 0 saturated carbocycles. The van der Waals surface area contributed by atoms with Crippen molar-refractivity contribution in [2.75, 3.05) is 19.6 Å². The number of carbonyl (C=O) groups is 1. The highest BCUT2D eigenvalue weighted by Gasteiger charge is 2.30. The molecule has 0 unspecified atom stereocenters. The fraction of sp³-hybridized carbons (Fsp3) is 0.625. The normalized spacial score (nSPS) is 22.8. The maximum Gasteiger partial charge on any atom is 0.232 e. The molecule has 1 fully saturated rings. The Morgan fingerprint density at radius 3 is 3.17 bits per heavy atom. The minimum Gasteiger partial charge on any atom is -0.371 e. The highest BCUT2D eigenvalue weighted by molar-refractivity contribution is 5.84. The van der Waals surface area contributed by atoms with Gasteiger partial charge in [0.1, 0.15) is 5.82 Å². The van der Waals surface area contributed by atoms with E-state index in [1.165, 1.54) is 0 Å². The van der Waals surface area contributed by atoms with E-state index < -0.39 is 0 Å². The first-order chi connectivity index (χ1) is 5.83. The molecule has 0 spiro atoms. The molecule has 0 aliphatic carbocycles. The lowest BCUT2D eigenvalue weighted by Crippen LogP contribution is -2.39. The van der Waals surface area contributed by atoms with E-state index in [1.807, 2.05) is 4.90 Å². The predicted octanol–water partition coefficient (Wildman–Crippen LogP) is -0.618. The summed E-state index contributed by atoms with van der Waals surface area (Å²) < 4.78 is 0. The van der Waals surface area contributed by atoms with E-state index in [1.54, 1.807) is 0 Å². The standard InChI is InChI=1S/C8H13N3O/c9-5-6-4-7(12)11-3-1-2-10-8(6)11/h10H,1-5,9H2. The summed E-state index contributed by atoms with van der Waals surface area (Å²) in [7, 11) is 0. The molecule has 0 atom stereocenters. The molecular formula is C8H13N3O. The second-order valence-electron chi connectivity index (χ2n) is 3.16. The quantitative estimate of drug-likeness (QED) is 0.547. The highest BCUT2D eigenvalue weighted by atomic mass is 16.2. The topological polar surface area (TPSA) is 58.4 Å². The van der Waals surface area contributed by atoms with Gasteiger partial charge in [-0.3, -0.25) is 9.69 Å². The van der Waals surface area contributed by atoms with Crippen LogP contribution in [0.4, 0.5) is 0 Å². The molecule has 0 radical (unpaired) electrons. The van der Waals surface area contributed by atoms with Gasteiger partial charge in [-0.15, -0.1) is 0 Å². The minimum atomic E-state index is 0.192. The van der Waals surface area contributed by atoms with Crippen molar-refractivity contribution in [3.8, 4) is 0 Å². The number of amides is 1. The van der Waals surface area contributed by atoms with Crippen molar-refractivity contribution in [1.29, 1.82) is 0 Å². The molecule has 3 N–H and O–H groups in total. The Labute approximate surface area is 71.4 Å². The zero-order valence-electron chi connectivity index (χ0n) is 6.97. The first kappa shape index (κ1) is 7.61. The third kappa shape index (κ3) is 0.992. The average molecular weight is 167 g/mol. The molecule has 0 aromatic heterocycles. The number of nitrogens with zero attached hydrogens (tertiary/aromatic N) is 1. The molecule has 4 heteroatoms. The predicted molar refractivity (Wildman–Crippen MR) is 45.0 cm³/mol. The third-order valence-electron chi connectivity index (χ3n) is 2.37. The van der Waals surface area contributed by atoms with Gasteiger partial charge in [-0.25, -0.2) is 0 Å². The number of rotatable bonds is 1. The average Bonchev–Trinajstić information content (AvgIpc) is 2.44. The monoisotopic (exact) mass is 167 g/mol. The van der Waals surface area contributed by atoms with Gasteiger partial charge < -0.3 is 11.1 Å². The van der Waals surface area contributed by atoms with Gasteiger partial charge in [0.2, 0.25) is 5.91 Å². The first-order valence-electron chi connectivity index (χ1n) is 4.29. The Bertz CT molecular complexity index is 247. The molecule has 66 valence electrons. The van der Waals surface area contributed by atoms with Gasteiger partial charge in [0.25, 0.3) is 0 Å². The lowest BCUT2D eigenvalue weighted by atomic mass is 10.2. The second kappa shape index (κ2) is 2.79. The molecular weight excluding hydrogens is 154 g/mol. The van der Waals surface area contributed by atoms with Crippen molar-refractivity contribution >= 4 is 5.91 Å². The molecule has 0 aromatic carbocycles. The van der Waals surface area contributed by atoms with Crippen LogP contribution in [0.15, 0.2) is 11.4 Å². The van der Waals surface area contributed by atoms with Crippen molar-refractivity contribution in [3.63, 3.8) is 0 Å². The number of nitrogens with two attached hydrogens (primary N) is 1. The molecule has 4 nitrogen and oxygen atoms in total. The highest BCUT2D eigenvalue weighted by Crippen LogP contribution is 2.23. The Hall–Kier alpha value is -1.03. The van der Waals surface area contributed by atoms with Gasteiger partial charge in [0, 0.05) is 19.6 Å². The molecule has 12 heavy (non-hydrogen) atoms. The molecule has 0 aromatic rings. The largest absolute Gasteiger partial charge is 0.371 e. The number of hydrogen-bond donors (Lipinski definition) is 2. The molecule has 2 aliphatic heterocycles. The van der Waals surface area contributed by atoms with E-state index in [9.17, 15) is 4.79 Å². The zero-order chi connectivity index (χ0) is 8.55. The Balaban J connectivity index is 2.26. The van der Waals surface area contributed by atoms with Crippen LogP contribution in [0.1, 0.15) is 12.8 Å². The van der Waals surface area contributed by atoms with Crippen molar-refractivity contribution in [2.24, 2.45) is 5.73 Å². The lowest BCUT2D eigenvalue weighted by Gasteiger charge is -2.26. The van der Waals surface area contributed by atoms with E-state index in [0.717, 1.165) is 30.9 Å². The van der Waals surface area contributed by atoms with E-state index in [4.69, 9.17) is 5.73 Å². The van der Waals surface area contributed by atoms with Crippen molar-refractivity contribution in [1.82, 2.24) is 10.2 Å². The summed E-state index contributed by atoms with van der Waals surface area (Å²) in [4.78, 5) is 13.2. The number of nitrogens with one attached hydrogen (secondary N) is 1.